The molecule has 4 aromatic rings. The Kier molecular flexibility index (Phi) is 5.56. The van der Waals surface area contributed by atoms with Gasteiger partial charge >= 0.3 is 0 Å². The summed E-state index contributed by atoms with van der Waals surface area (Å²) in [6, 6.07) is 7.59. The van der Waals surface area contributed by atoms with E-state index in [1.54, 1.807) is 4.52 Å². The van der Waals surface area contributed by atoms with Crippen molar-refractivity contribution in [2.75, 3.05) is 13.2 Å². The lowest BCUT2D eigenvalue weighted by Gasteiger charge is -2.42. The fraction of sp³-hybridized carbons (Fsp3) is 0.440. The summed E-state index contributed by atoms with van der Waals surface area (Å²) in [7, 11) is 0. The van der Waals surface area contributed by atoms with E-state index >= 15 is 4.39 Å². The molecule has 0 saturated carbocycles. The molecule has 0 aliphatic carbocycles. The number of alkyl halides is 1. The van der Waals surface area contributed by atoms with E-state index in [2.05, 4.69) is 39.0 Å². The number of benzene rings is 1. The van der Waals surface area contributed by atoms with Crippen molar-refractivity contribution in [1.29, 1.82) is 0 Å². The van der Waals surface area contributed by atoms with E-state index in [4.69, 9.17) is 0 Å². The van der Waals surface area contributed by atoms with Crippen LogP contribution in [0.15, 0.2) is 30.5 Å². The van der Waals surface area contributed by atoms with Crippen molar-refractivity contribution in [1.82, 2.24) is 29.7 Å². The minimum Gasteiger partial charge on any atom is -0.295 e. The minimum absolute atomic E-state index is 0.179. The molecule has 6 nitrogen and oxygen atoms in total. The highest BCUT2D eigenvalue weighted by atomic mass is 19.1. The summed E-state index contributed by atoms with van der Waals surface area (Å²) in [6.07, 6.45) is 3.58. The van der Waals surface area contributed by atoms with Crippen LogP contribution in [0.3, 0.4) is 0 Å². The molecule has 1 aliphatic heterocycles. The van der Waals surface area contributed by atoms with Crippen molar-refractivity contribution in [3.05, 3.63) is 53.2 Å². The van der Waals surface area contributed by atoms with E-state index < -0.39 is 0 Å². The first-order chi connectivity index (χ1) is 15.8. The van der Waals surface area contributed by atoms with Gasteiger partial charge in [0.05, 0.1) is 28.8 Å². The minimum atomic E-state index is -0.343. The SMILES string of the molecule is Cc1cn2nc(-c3cc(F)c4cc(C5C[C@@H](C)N(CCF)[C@@H](C)C5)nnc4c3)cc(C)c2n1. The van der Waals surface area contributed by atoms with Crippen LogP contribution in [0.5, 0.6) is 0 Å². The number of fused-ring (bicyclic) bond motifs is 2. The Bertz CT molecular complexity index is 1320. The van der Waals surface area contributed by atoms with Gasteiger partial charge in [-0.2, -0.15) is 15.3 Å². The molecule has 3 atom stereocenters. The zero-order chi connectivity index (χ0) is 23.3. The standard InChI is InChI=1S/C25H28F2N6/c1-14-7-23(31-33-13-15(2)28-25(14)33)19-10-21(27)20-12-22(29-30-24(20)11-19)18-8-16(3)32(6-5-26)17(4)9-18/h7,10-13,16-18H,5-6,8-9H2,1-4H3/t16-,17+,18?. The molecule has 8 heteroatoms. The summed E-state index contributed by atoms with van der Waals surface area (Å²) < 4.78 is 29.9. The molecule has 1 aromatic carbocycles. The number of hydrogen-bond donors (Lipinski definition) is 0. The molecular weight excluding hydrogens is 422 g/mol. The van der Waals surface area contributed by atoms with Crippen molar-refractivity contribution < 1.29 is 8.78 Å². The van der Waals surface area contributed by atoms with E-state index in [1.807, 2.05) is 38.2 Å². The molecule has 33 heavy (non-hydrogen) atoms. The van der Waals surface area contributed by atoms with Gasteiger partial charge in [0.1, 0.15) is 12.5 Å². The molecule has 4 heterocycles. The zero-order valence-corrected chi connectivity index (χ0v) is 19.4. The number of imidazole rings is 1. The van der Waals surface area contributed by atoms with E-state index in [0.717, 1.165) is 35.4 Å². The summed E-state index contributed by atoms with van der Waals surface area (Å²) in [5, 5.41) is 13.9. The topological polar surface area (TPSA) is 59.2 Å². The van der Waals surface area contributed by atoms with E-state index in [-0.39, 0.29) is 30.5 Å². The lowest BCUT2D eigenvalue weighted by molar-refractivity contribution is 0.0827. The number of halogens is 2. The normalized spacial score (nSPS) is 21.8. The molecule has 0 radical (unpaired) electrons. The highest BCUT2D eigenvalue weighted by molar-refractivity contribution is 5.84. The van der Waals surface area contributed by atoms with Crippen LogP contribution in [0.4, 0.5) is 8.78 Å². The fourth-order valence-corrected chi connectivity index (χ4v) is 5.26. The second-order valence-corrected chi connectivity index (χ2v) is 9.32. The third kappa shape index (κ3) is 3.97. The molecule has 5 rings (SSSR count). The average molecular weight is 451 g/mol. The van der Waals surface area contributed by atoms with Crippen LogP contribution in [-0.4, -0.2) is 55.0 Å². The zero-order valence-electron chi connectivity index (χ0n) is 19.4. The molecule has 1 aliphatic rings. The first-order valence-corrected chi connectivity index (χ1v) is 11.5. The molecule has 1 saturated heterocycles. The monoisotopic (exact) mass is 450 g/mol. The van der Waals surface area contributed by atoms with Crippen molar-refractivity contribution in [2.24, 2.45) is 0 Å². The number of nitrogens with zero attached hydrogens (tertiary/aromatic N) is 6. The molecule has 1 unspecified atom stereocenters. The van der Waals surface area contributed by atoms with Crippen LogP contribution in [0.1, 0.15) is 49.6 Å². The molecule has 0 spiro atoms. The van der Waals surface area contributed by atoms with Gasteiger partial charge in [0, 0.05) is 35.5 Å². The lowest BCUT2D eigenvalue weighted by Crippen LogP contribution is -2.47. The van der Waals surface area contributed by atoms with Crippen LogP contribution < -0.4 is 0 Å². The Balaban J connectivity index is 1.49. The first-order valence-electron chi connectivity index (χ1n) is 11.5. The van der Waals surface area contributed by atoms with E-state index in [9.17, 15) is 4.39 Å². The van der Waals surface area contributed by atoms with Crippen LogP contribution in [0.2, 0.25) is 0 Å². The van der Waals surface area contributed by atoms with Gasteiger partial charge < -0.3 is 0 Å². The molecule has 0 bridgehead atoms. The predicted molar refractivity (Wildman–Crippen MR) is 125 cm³/mol. The Morgan fingerprint density at radius 1 is 1.03 bits per heavy atom. The predicted octanol–water partition coefficient (Wildman–Crippen LogP) is 5.02. The third-order valence-corrected chi connectivity index (χ3v) is 6.84. The number of likely N-dealkylation sites (tertiary alicyclic amines) is 1. The molecule has 0 N–H and O–H groups in total. The third-order valence-electron chi connectivity index (χ3n) is 6.84. The Morgan fingerprint density at radius 3 is 2.52 bits per heavy atom. The van der Waals surface area contributed by atoms with Gasteiger partial charge in [0.25, 0.3) is 0 Å². The van der Waals surface area contributed by atoms with Gasteiger partial charge in [0.15, 0.2) is 5.65 Å². The maximum Gasteiger partial charge on any atom is 0.156 e. The van der Waals surface area contributed by atoms with Crippen LogP contribution >= 0.6 is 0 Å². The van der Waals surface area contributed by atoms with Crippen molar-refractivity contribution >= 4 is 16.6 Å². The van der Waals surface area contributed by atoms with Gasteiger partial charge in [-0.15, -0.1) is 0 Å². The summed E-state index contributed by atoms with van der Waals surface area (Å²) in [5.74, 6) is -0.158. The Morgan fingerprint density at radius 2 is 1.79 bits per heavy atom. The van der Waals surface area contributed by atoms with Gasteiger partial charge in [-0.1, -0.05) is 0 Å². The maximum atomic E-state index is 15.2. The van der Waals surface area contributed by atoms with Crippen LogP contribution in [0, 0.1) is 19.7 Å². The lowest BCUT2D eigenvalue weighted by atomic mass is 9.84. The van der Waals surface area contributed by atoms with Crippen LogP contribution in [-0.2, 0) is 0 Å². The molecule has 172 valence electrons. The largest absolute Gasteiger partial charge is 0.295 e. The summed E-state index contributed by atoms with van der Waals surface area (Å²) >= 11 is 0. The van der Waals surface area contributed by atoms with Crippen molar-refractivity contribution in [3.63, 3.8) is 0 Å². The van der Waals surface area contributed by atoms with E-state index in [1.165, 1.54) is 6.07 Å². The highest BCUT2D eigenvalue weighted by Crippen LogP contribution is 2.35. The number of piperidine rings is 1. The summed E-state index contributed by atoms with van der Waals surface area (Å²) in [5.41, 5.74) is 5.26. The van der Waals surface area contributed by atoms with Crippen molar-refractivity contribution in [3.8, 4) is 11.3 Å². The molecule has 1 fully saturated rings. The second-order valence-electron chi connectivity index (χ2n) is 9.32. The second kappa shape index (κ2) is 8.41. The van der Waals surface area contributed by atoms with Crippen LogP contribution in [0.25, 0.3) is 27.8 Å². The number of hydrogen-bond acceptors (Lipinski definition) is 5. The fourth-order valence-electron chi connectivity index (χ4n) is 5.26. The number of aryl methyl sites for hydroxylation is 2. The van der Waals surface area contributed by atoms with Gasteiger partial charge in [-0.3, -0.25) is 4.90 Å². The quantitative estimate of drug-likeness (QED) is 0.437. The van der Waals surface area contributed by atoms with Gasteiger partial charge in [-0.05, 0) is 70.4 Å². The summed E-state index contributed by atoms with van der Waals surface area (Å²) in [6.45, 7) is 8.24. The first kappa shape index (κ1) is 21.8. The van der Waals surface area contributed by atoms with Crippen molar-refractivity contribution in [2.45, 2.75) is 58.5 Å². The maximum absolute atomic E-state index is 15.2. The van der Waals surface area contributed by atoms with Gasteiger partial charge in [0.2, 0.25) is 0 Å². The number of rotatable bonds is 4. The molecular formula is C25H28F2N6. The number of aromatic nitrogens is 5. The Labute approximate surface area is 191 Å². The smallest absolute Gasteiger partial charge is 0.156 e. The van der Waals surface area contributed by atoms with E-state index in [0.29, 0.717) is 28.7 Å². The molecule has 0 amide bonds. The highest BCUT2D eigenvalue weighted by Gasteiger charge is 2.32. The molecule has 3 aromatic heterocycles. The summed E-state index contributed by atoms with van der Waals surface area (Å²) in [4.78, 5) is 6.68. The Hall–Kier alpha value is -3.00. The average Bonchev–Trinajstić information content (AvgIpc) is 3.16. The van der Waals surface area contributed by atoms with Gasteiger partial charge in [-0.25, -0.2) is 18.3 Å².